The number of rotatable bonds is 9. The molecule has 3 N–H and O–H groups in total. The molecule has 0 fully saturated rings. The van der Waals surface area contributed by atoms with Crippen LogP contribution in [0.3, 0.4) is 0 Å². The molecular formula is C30H29N3O3. The zero-order valence-electron chi connectivity index (χ0n) is 20.1. The van der Waals surface area contributed by atoms with Crippen LogP contribution >= 0.6 is 0 Å². The number of nitrogens with one attached hydrogen (secondary N) is 1. The number of carbonyl (C=O) groups excluding carboxylic acids is 2. The van der Waals surface area contributed by atoms with E-state index in [-0.39, 0.29) is 12.5 Å². The topological polar surface area (TPSA) is 84.7 Å². The second-order valence-corrected chi connectivity index (χ2v) is 8.36. The van der Waals surface area contributed by atoms with Crippen LogP contribution in [0.1, 0.15) is 30.5 Å². The van der Waals surface area contributed by atoms with Crippen LogP contribution in [0.2, 0.25) is 0 Å². The van der Waals surface area contributed by atoms with Gasteiger partial charge in [-0.15, -0.1) is 0 Å². The van der Waals surface area contributed by atoms with Gasteiger partial charge in [-0.05, 0) is 66.1 Å². The minimum Gasteiger partial charge on any atom is -0.457 e. The quantitative estimate of drug-likeness (QED) is 0.280. The summed E-state index contributed by atoms with van der Waals surface area (Å²) in [5, 5.41) is 2.96. The third-order valence-corrected chi connectivity index (χ3v) is 5.82. The Kier molecular flexibility index (Phi) is 7.98. The van der Waals surface area contributed by atoms with E-state index in [1.54, 1.807) is 29.2 Å². The predicted molar refractivity (Wildman–Crippen MR) is 143 cm³/mol. The van der Waals surface area contributed by atoms with Gasteiger partial charge in [0.1, 0.15) is 11.5 Å². The van der Waals surface area contributed by atoms with E-state index in [0.29, 0.717) is 17.1 Å². The molecule has 36 heavy (non-hydrogen) atoms. The standard InChI is InChI=1S/C30H29N3O3/c1-2-22-13-15-23(16-14-22)28(21-29(31)34)33(25-9-5-3-6-10-25)30(35)32-24-17-19-27(20-18-24)36-26-11-7-4-8-12-26/h3-20,28H,2,21H2,1H3,(H2,31,34)(H,32,35). The van der Waals surface area contributed by atoms with E-state index in [9.17, 15) is 9.59 Å². The summed E-state index contributed by atoms with van der Waals surface area (Å²) in [6.45, 7) is 2.08. The molecule has 0 radical (unpaired) electrons. The summed E-state index contributed by atoms with van der Waals surface area (Å²) < 4.78 is 5.84. The lowest BCUT2D eigenvalue weighted by Crippen LogP contribution is -2.40. The van der Waals surface area contributed by atoms with Crippen molar-refractivity contribution in [3.63, 3.8) is 0 Å². The maximum Gasteiger partial charge on any atom is 0.326 e. The monoisotopic (exact) mass is 479 g/mol. The van der Waals surface area contributed by atoms with E-state index in [1.165, 1.54) is 5.56 Å². The van der Waals surface area contributed by atoms with Crippen LogP contribution in [0.15, 0.2) is 109 Å². The molecule has 0 saturated carbocycles. The van der Waals surface area contributed by atoms with Crippen LogP contribution < -0.4 is 20.7 Å². The lowest BCUT2D eigenvalue weighted by Gasteiger charge is -2.32. The summed E-state index contributed by atoms with van der Waals surface area (Å²) in [6.07, 6.45) is 0.880. The molecule has 0 heterocycles. The second-order valence-electron chi connectivity index (χ2n) is 8.36. The van der Waals surface area contributed by atoms with Gasteiger partial charge in [-0.1, -0.05) is 67.6 Å². The number of nitrogens with zero attached hydrogens (tertiary/aromatic N) is 1. The van der Waals surface area contributed by atoms with Crippen LogP contribution in [-0.4, -0.2) is 11.9 Å². The minimum atomic E-state index is -0.573. The molecule has 182 valence electrons. The number of nitrogens with two attached hydrogens (primary N) is 1. The number of ether oxygens (including phenoxy) is 1. The maximum atomic E-state index is 13.6. The molecule has 0 aliphatic carbocycles. The number of carbonyl (C=O) groups is 2. The zero-order chi connectivity index (χ0) is 25.3. The number of hydrogen-bond donors (Lipinski definition) is 2. The molecule has 0 aliphatic rings. The summed E-state index contributed by atoms with van der Waals surface area (Å²) in [5.74, 6) is 0.894. The fraction of sp³-hybridized carbons (Fsp3) is 0.133. The molecule has 4 aromatic carbocycles. The summed E-state index contributed by atoms with van der Waals surface area (Å²) in [7, 11) is 0. The predicted octanol–water partition coefficient (Wildman–Crippen LogP) is 6.70. The van der Waals surface area contributed by atoms with Gasteiger partial charge in [0.25, 0.3) is 0 Å². The van der Waals surface area contributed by atoms with Crippen molar-refractivity contribution >= 4 is 23.3 Å². The van der Waals surface area contributed by atoms with E-state index >= 15 is 0 Å². The lowest BCUT2D eigenvalue weighted by molar-refractivity contribution is -0.118. The molecule has 0 bridgehead atoms. The van der Waals surface area contributed by atoms with Gasteiger partial charge in [0, 0.05) is 11.4 Å². The second kappa shape index (κ2) is 11.7. The average Bonchev–Trinajstić information content (AvgIpc) is 2.90. The SMILES string of the molecule is CCc1ccc(C(CC(N)=O)N(C(=O)Nc2ccc(Oc3ccccc3)cc2)c2ccccc2)cc1. The number of amides is 3. The first-order valence-corrected chi connectivity index (χ1v) is 11.9. The zero-order valence-corrected chi connectivity index (χ0v) is 20.1. The highest BCUT2D eigenvalue weighted by Crippen LogP contribution is 2.31. The van der Waals surface area contributed by atoms with Crippen molar-refractivity contribution in [3.05, 3.63) is 120 Å². The van der Waals surface area contributed by atoms with Crippen molar-refractivity contribution < 1.29 is 14.3 Å². The van der Waals surface area contributed by atoms with Gasteiger partial charge in [-0.3, -0.25) is 9.69 Å². The van der Waals surface area contributed by atoms with Crippen molar-refractivity contribution in [3.8, 4) is 11.5 Å². The van der Waals surface area contributed by atoms with Crippen LogP contribution in [0.5, 0.6) is 11.5 Å². The number of anilines is 2. The van der Waals surface area contributed by atoms with Gasteiger partial charge >= 0.3 is 6.03 Å². The van der Waals surface area contributed by atoms with Gasteiger partial charge in [0.05, 0.1) is 12.5 Å². The third kappa shape index (κ3) is 6.30. The Morgan fingerprint density at radius 3 is 1.97 bits per heavy atom. The molecular weight excluding hydrogens is 450 g/mol. The fourth-order valence-electron chi connectivity index (χ4n) is 3.97. The number of primary amides is 1. The van der Waals surface area contributed by atoms with Gasteiger partial charge in [0.2, 0.25) is 5.91 Å². The average molecular weight is 480 g/mol. The highest BCUT2D eigenvalue weighted by atomic mass is 16.5. The Bertz CT molecular complexity index is 1270. The van der Waals surface area contributed by atoms with Crippen LogP contribution in [-0.2, 0) is 11.2 Å². The van der Waals surface area contributed by atoms with Crippen molar-refractivity contribution in [2.75, 3.05) is 10.2 Å². The maximum absolute atomic E-state index is 13.6. The number of urea groups is 1. The van der Waals surface area contributed by atoms with Crippen molar-refractivity contribution in [2.24, 2.45) is 5.73 Å². The van der Waals surface area contributed by atoms with Gasteiger partial charge in [-0.2, -0.15) is 0 Å². The van der Waals surface area contributed by atoms with Gasteiger partial charge < -0.3 is 15.8 Å². The first kappa shape index (κ1) is 24.5. The minimum absolute atomic E-state index is 0.0162. The van der Waals surface area contributed by atoms with E-state index in [1.807, 2.05) is 84.9 Å². The molecule has 4 aromatic rings. The highest BCUT2D eigenvalue weighted by molar-refractivity contribution is 6.02. The number of para-hydroxylation sites is 2. The molecule has 0 saturated heterocycles. The Hall–Kier alpha value is -4.58. The third-order valence-electron chi connectivity index (χ3n) is 5.82. The summed E-state index contributed by atoms with van der Waals surface area (Å²) in [5.41, 5.74) is 8.88. The summed E-state index contributed by atoms with van der Waals surface area (Å²) in [4.78, 5) is 27.3. The van der Waals surface area contributed by atoms with Crippen LogP contribution in [0, 0.1) is 0 Å². The first-order chi connectivity index (χ1) is 17.5. The molecule has 6 heteroatoms. The molecule has 1 atom stereocenters. The van der Waals surface area contributed by atoms with Gasteiger partial charge in [-0.25, -0.2) is 4.79 Å². The number of aryl methyl sites for hydroxylation is 1. The molecule has 6 nitrogen and oxygen atoms in total. The molecule has 0 spiro atoms. The smallest absolute Gasteiger partial charge is 0.326 e. The van der Waals surface area contributed by atoms with E-state index in [4.69, 9.17) is 10.5 Å². The largest absolute Gasteiger partial charge is 0.457 e. The van der Waals surface area contributed by atoms with Gasteiger partial charge in [0.15, 0.2) is 0 Å². The fourth-order valence-corrected chi connectivity index (χ4v) is 3.97. The molecule has 4 rings (SSSR count). The van der Waals surface area contributed by atoms with E-state index in [2.05, 4.69) is 12.2 Å². The molecule has 0 aromatic heterocycles. The van der Waals surface area contributed by atoms with Crippen molar-refractivity contribution in [1.29, 1.82) is 0 Å². The normalized spacial score (nSPS) is 11.4. The van der Waals surface area contributed by atoms with Crippen LogP contribution in [0.25, 0.3) is 0 Å². The first-order valence-electron chi connectivity index (χ1n) is 11.9. The van der Waals surface area contributed by atoms with E-state index in [0.717, 1.165) is 17.7 Å². The summed E-state index contributed by atoms with van der Waals surface area (Å²) >= 11 is 0. The highest BCUT2D eigenvalue weighted by Gasteiger charge is 2.28. The Balaban J connectivity index is 1.60. The number of benzene rings is 4. The molecule has 3 amide bonds. The Morgan fingerprint density at radius 2 is 1.39 bits per heavy atom. The van der Waals surface area contributed by atoms with Crippen LogP contribution in [0.4, 0.5) is 16.2 Å². The molecule has 1 unspecified atom stereocenters. The van der Waals surface area contributed by atoms with Crippen molar-refractivity contribution in [1.82, 2.24) is 0 Å². The summed E-state index contributed by atoms with van der Waals surface area (Å²) in [6, 6.07) is 32.9. The van der Waals surface area contributed by atoms with E-state index < -0.39 is 11.9 Å². The Morgan fingerprint density at radius 1 is 0.806 bits per heavy atom. The molecule has 0 aliphatic heterocycles. The lowest BCUT2D eigenvalue weighted by atomic mass is 9.99. The number of hydrogen-bond acceptors (Lipinski definition) is 3. The Labute approximate surface area is 211 Å². The van der Waals surface area contributed by atoms with Crippen molar-refractivity contribution in [2.45, 2.75) is 25.8 Å².